The summed E-state index contributed by atoms with van der Waals surface area (Å²) in [6.45, 7) is 1.97. The summed E-state index contributed by atoms with van der Waals surface area (Å²) in [4.78, 5) is 16.1. The lowest BCUT2D eigenvalue weighted by Crippen LogP contribution is -2.24. The maximum absolute atomic E-state index is 11.4. The van der Waals surface area contributed by atoms with Crippen LogP contribution in [-0.2, 0) is 11.3 Å². The first-order valence-electron chi connectivity index (χ1n) is 4.10. The van der Waals surface area contributed by atoms with E-state index in [0.29, 0.717) is 5.76 Å². The first kappa shape index (κ1) is 9.80. The minimum Gasteiger partial charge on any atom is -0.456 e. The molecule has 4 heteroatoms. The lowest BCUT2D eigenvalue weighted by molar-refractivity contribution is -0.0774. The molecule has 1 amide bonds. The van der Waals surface area contributed by atoms with E-state index in [9.17, 15) is 4.79 Å². The molecular weight excluding hydrogens is 170 g/mol. The number of hydroxylamine groups is 2. The molecule has 13 heavy (non-hydrogen) atoms. The van der Waals surface area contributed by atoms with Crippen LogP contribution >= 0.6 is 0 Å². The van der Waals surface area contributed by atoms with E-state index in [-0.39, 0.29) is 5.91 Å². The highest BCUT2D eigenvalue weighted by Gasteiger charge is 2.14. The van der Waals surface area contributed by atoms with Crippen LogP contribution < -0.4 is 0 Å². The number of carbonyl (C=O) groups excluding carboxylic acids is 1. The Hall–Kier alpha value is -1.29. The van der Waals surface area contributed by atoms with Gasteiger partial charge in [-0.2, -0.15) is 0 Å². The van der Waals surface area contributed by atoms with Gasteiger partial charge in [-0.3, -0.25) is 9.63 Å². The highest BCUT2D eigenvalue weighted by atomic mass is 16.7. The SMILES string of the molecule is CCc1ccc(C(=O)N(C)OC)o1. The Labute approximate surface area is 77.0 Å². The van der Waals surface area contributed by atoms with Crippen molar-refractivity contribution in [3.63, 3.8) is 0 Å². The van der Waals surface area contributed by atoms with Crippen molar-refractivity contribution < 1.29 is 14.0 Å². The van der Waals surface area contributed by atoms with Crippen molar-refractivity contribution in [1.29, 1.82) is 0 Å². The van der Waals surface area contributed by atoms with Crippen molar-refractivity contribution in [2.45, 2.75) is 13.3 Å². The Balaban J connectivity index is 2.77. The average Bonchev–Trinajstić information content (AvgIpc) is 2.63. The second-order valence-corrected chi connectivity index (χ2v) is 2.60. The van der Waals surface area contributed by atoms with E-state index in [1.54, 1.807) is 12.1 Å². The van der Waals surface area contributed by atoms with Gasteiger partial charge in [0.05, 0.1) is 7.11 Å². The molecular formula is C9H13NO3. The van der Waals surface area contributed by atoms with Gasteiger partial charge in [-0.05, 0) is 12.1 Å². The molecule has 0 radical (unpaired) electrons. The standard InChI is InChI=1S/C9H13NO3/c1-4-7-5-6-8(13-7)9(11)10(2)12-3/h5-6H,4H2,1-3H3. The van der Waals surface area contributed by atoms with Crippen molar-refractivity contribution in [3.8, 4) is 0 Å². The summed E-state index contributed by atoms with van der Waals surface area (Å²) < 4.78 is 5.25. The van der Waals surface area contributed by atoms with Crippen LogP contribution in [0.15, 0.2) is 16.5 Å². The molecule has 1 aromatic rings. The zero-order chi connectivity index (χ0) is 9.84. The summed E-state index contributed by atoms with van der Waals surface area (Å²) in [6.07, 6.45) is 0.782. The zero-order valence-corrected chi connectivity index (χ0v) is 8.03. The summed E-state index contributed by atoms with van der Waals surface area (Å²) in [5, 5.41) is 1.12. The molecule has 4 nitrogen and oxygen atoms in total. The van der Waals surface area contributed by atoms with Crippen molar-refractivity contribution in [1.82, 2.24) is 5.06 Å². The second kappa shape index (κ2) is 4.09. The van der Waals surface area contributed by atoms with Gasteiger partial charge in [-0.1, -0.05) is 6.92 Å². The van der Waals surface area contributed by atoms with Gasteiger partial charge in [0.25, 0.3) is 0 Å². The Bertz CT molecular complexity index is 293. The minimum atomic E-state index is -0.276. The van der Waals surface area contributed by atoms with E-state index >= 15 is 0 Å². The molecule has 0 spiro atoms. The highest BCUT2D eigenvalue weighted by Crippen LogP contribution is 2.10. The molecule has 0 aromatic carbocycles. The van der Waals surface area contributed by atoms with Crippen molar-refractivity contribution in [3.05, 3.63) is 23.7 Å². The van der Waals surface area contributed by atoms with Gasteiger partial charge in [0.1, 0.15) is 5.76 Å². The number of hydrogen-bond acceptors (Lipinski definition) is 3. The maximum Gasteiger partial charge on any atom is 0.312 e. The fourth-order valence-corrected chi connectivity index (χ4v) is 0.921. The van der Waals surface area contributed by atoms with Gasteiger partial charge in [0.15, 0.2) is 5.76 Å². The van der Waals surface area contributed by atoms with Gasteiger partial charge in [0, 0.05) is 13.5 Å². The van der Waals surface area contributed by atoms with Crippen LogP contribution in [0.2, 0.25) is 0 Å². The van der Waals surface area contributed by atoms with Gasteiger partial charge in [0.2, 0.25) is 0 Å². The zero-order valence-electron chi connectivity index (χ0n) is 8.03. The molecule has 1 rings (SSSR count). The smallest absolute Gasteiger partial charge is 0.312 e. The second-order valence-electron chi connectivity index (χ2n) is 2.60. The van der Waals surface area contributed by atoms with E-state index in [2.05, 4.69) is 0 Å². The molecule has 72 valence electrons. The number of furan rings is 1. The van der Waals surface area contributed by atoms with Crippen LogP contribution in [0, 0.1) is 0 Å². The van der Waals surface area contributed by atoms with Crippen molar-refractivity contribution >= 4 is 5.91 Å². The fraction of sp³-hybridized carbons (Fsp3) is 0.444. The van der Waals surface area contributed by atoms with Gasteiger partial charge >= 0.3 is 5.91 Å². The van der Waals surface area contributed by atoms with E-state index in [4.69, 9.17) is 9.25 Å². The van der Waals surface area contributed by atoms with Crippen LogP contribution in [0.5, 0.6) is 0 Å². The van der Waals surface area contributed by atoms with Gasteiger partial charge in [-0.15, -0.1) is 0 Å². The molecule has 0 aliphatic carbocycles. The van der Waals surface area contributed by atoms with Gasteiger partial charge in [-0.25, -0.2) is 5.06 Å². The van der Waals surface area contributed by atoms with E-state index in [0.717, 1.165) is 17.2 Å². The van der Waals surface area contributed by atoms with E-state index in [1.165, 1.54) is 14.2 Å². The average molecular weight is 183 g/mol. The summed E-state index contributed by atoms with van der Waals surface area (Å²) in [6, 6.07) is 3.44. The Morgan fingerprint density at radius 3 is 2.77 bits per heavy atom. The molecule has 1 aromatic heterocycles. The molecule has 0 aliphatic rings. The predicted octanol–water partition coefficient (Wildman–Crippen LogP) is 1.48. The van der Waals surface area contributed by atoms with E-state index < -0.39 is 0 Å². The summed E-state index contributed by atoms with van der Waals surface area (Å²) in [5.41, 5.74) is 0. The van der Waals surface area contributed by atoms with Crippen molar-refractivity contribution in [2.75, 3.05) is 14.2 Å². The van der Waals surface area contributed by atoms with Crippen LogP contribution in [0.25, 0.3) is 0 Å². The molecule has 0 N–H and O–H groups in total. The van der Waals surface area contributed by atoms with Crippen LogP contribution in [0.4, 0.5) is 0 Å². The van der Waals surface area contributed by atoms with Crippen LogP contribution in [0.1, 0.15) is 23.2 Å². The minimum absolute atomic E-state index is 0.276. The molecule has 0 saturated carbocycles. The van der Waals surface area contributed by atoms with Gasteiger partial charge < -0.3 is 4.42 Å². The summed E-state index contributed by atoms with van der Waals surface area (Å²) in [7, 11) is 2.97. The quantitative estimate of drug-likeness (QED) is 0.666. The highest BCUT2D eigenvalue weighted by molar-refractivity contribution is 5.90. The maximum atomic E-state index is 11.4. The summed E-state index contributed by atoms with van der Waals surface area (Å²) >= 11 is 0. The lowest BCUT2D eigenvalue weighted by atomic mass is 10.3. The molecule has 0 atom stereocenters. The third kappa shape index (κ3) is 2.09. The molecule has 0 unspecified atom stereocenters. The molecule has 0 bridgehead atoms. The first-order chi connectivity index (χ1) is 6.19. The number of amides is 1. The molecule has 0 aliphatic heterocycles. The third-order valence-corrected chi connectivity index (χ3v) is 1.78. The number of nitrogens with zero attached hydrogens (tertiary/aromatic N) is 1. The monoisotopic (exact) mass is 183 g/mol. The fourth-order valence-electron chi connectivity index (χ4n) is 0.921. The third-order valence-electron chi connectivity index (χ3n) is 1.78. The Morgan fingerprint density at radius 2 is 2.31 bits per heavy atom. The lowest BCUT2D eigenvalue weighted by Gasteiger charge is -2.10. The number of rotatable bonds is 3. The molecule has 1 heterocycles. The Morgan fingerprint density at radius 1 is 1.62 bits per heavy atom. The number of carbonyl (C=O) groups is 1. The molecule has 0 saturated heterocycles. The first-order valence-corrected chi connectivity index (χ1v) is 4.10. The topological polar surface area (TPSA) is 42.7 Å². The number of hydrogen-bond donors (Lipinski definition) is 0. The van der Waals surface area contributed by atoms with Crippen LogP contribution in [-0.4, -0.2) is 25.1 Å². The predicted molar refractivity (Wildman–Crippen MR) is 47.2 cm³/mol. The van der Waals surface area contributed by atoms with Crippen LogP contribution in [0.3, 0.4) is 0 Å². The number of aryl methyl sites for hydroxylation is 1. The Kier molecular flexibility index (Phi) is 3.08. The normalized spacial score (nSPS) is 10.1. The largest absolute Gasteiger partial charge is 0.456 e. The van der Waals surface area contributed by atoms with E-state index in [1.807, 2.05) is 6.92 Å². The van der Waals surface area contributed by atoms with Crippen molar-refractivity contribution in [2.24, 2.45) is 0 Å². The summed E-state index contributed by atoms with van der Waals surface area (Å²) in [5.74, 6) is 0.830. The molecule has 0 fully saturated rings.